The van der Waals surface area contributed by atoms with E-state index >= 15 is 0 Å². The van der Waals surface area contributed by atoms with Crippen molar-refractivity contribution in [3.05, 3.63) is 147 Å². The predicted octanol–water partition coefficient (Wildman–Crippen LogP) is 6.61. The summed E-state index contributed by atoms with van der Waals surface area (Å²) in [5.74, 6) is -0.0868. The predicted molar refractivity (Wildman–Crippen MR) is 167 cm³/mol. The van der Waals surface area contributed by atoms with Gasteiger partial charge in [-0.05, 0) is 54.8 Å². The zero-order valence-electron chi connectivity index (χ0n) is 24.3. The molecule has 0 radical (unpaired) electrons. The Morgan fingerprint density at radius 3 is 1.95 bits per heavy atom. The molecule has 6 rings (SSSR count). The van der Waals surface area contributed by atoms with Gasteiger partial charge in [-0.15, -0.1) is 0 Å². The number of rotatable bonds is 7. The Morgan fingerprint density at radius 2 is 1.40 bits per heavy atom. The average molecular weight is 572 g/mol. The molecule has 1 aliphatic heterocycles. The Morgan fingerprint density at radius 1 is 0.791 bits per heavy atom. The van der Waals surface area contributed by atoms with Crippen LogP contribution >= 0.6 is 0 Å². The smallest absolute Gasteiger partial charge is 0.272 e. The fourth-order valence-electron chi connectivity index (χ4n) is 5.89. The maximum atomic E-state index is 14.1. The Hall–Kier alpha value is -5.08. The molecular weight excluding hydrogens is 538 g/mol. The van der Waals surface area contributed by atoms with Gasteiger partial charge >= 0.3 is 0 Å². The first kappa shape index (κ1) is 28.1. The topological polar surface area (TPSA) is 84.5 Å². The van der Waals surface area contributed by atoms with Gasteiger partial charge in [0.1, 0.15) is 5.69 Å². The molecular formula is C35H33N5O3. The second kappa shape index (κ2) is 12.0. The van der Waals surface area contributed by atoms with Crippen molar-refractivity contribution in [2.75, 3.05) is 26.2 Å². The van der Waals surface area contributed by atoms with Crippen LogP contribution in [0.1, 0.15) is 38.8 Å². The summed E-state index contributed by atoms with van der Waals surface area (Å²) in [6, 6.07) is 35.2. The van der Waals surface area contributed by atoms with Gasteiger partial charge in [0, 0.05) is 43.9 Å². The summed E-state index contributed by atoms with van der Waals surface area (Å²) in [5, 5.41) is 16.0. The number of carbonyl (C=O) groups excluding carboxylic acids is 1. The molecule has 8 nitrogen and oxygen atoms in total. The second-order valence-corrected chi connectivity index (χ2v) is 11.0. The minimum Gasteiger partial charge on any atom is -0.335 e. The molecule has 0 unspecified atom stereocenters. The van der Waals surface area contributed by atoms with Gasteiger partial charge < -0.3 is 4.90 Å². The Balaban J connectivity index is 1.29. The molecule has 8 heteroatoms. The van der Waals surface area contributed by atoms with E-state index in [4.69, 9.17) is 5.10 Å². The van der Waals surface area contributed by atoms with E-state index in [0.717, 1.165) is 29.9 Å². The quantitative estimate of drug-likeness (QED) is 0.162. The summed E-state index contributed by atoms with van der Waals surface area (Å²) in [7, 11) is 0. The van der Waals surface area contributed by atoms with Crippen LogP contribution in [0.3, 0.4) is 0 Å². The molecule has 2 heterocycles. The van der Waals surface area contributed by atoms with Crippen LogP contribution in [0.25, 0.3) is 16.9 Å². The summed E-state index contributed by atoms with van der Waals surface area (Å²) in [4.78, 5) is 29.2. The van der Waals surface area contributed by atoms with E-state index in [0.29, 0.717) is 30.0 Å². The third kappa shape index (κ3) is 5.82. The van der Waals surface area contributed by atoms with Crippen molar-refractivity contribution in [3.8, 4) is 16.9 Å². The van der Waals surface area contributed by atoms with Gasteiger partial charge in [-0.2, -0.15) is 5.10 Å². The highest BCUT2D eigenvalue weighted by molar-refractivity contribution is 5.94. The standard InChI is InChI=1S/C35H33N5O3/c1-25-13-18-32(26(2)23-25)39-33(24-31(36-39)27-14-16-30(17-15-27)40(42)43)35(41)38-21-19-37(20-22-38)34(28-9-5-3-6-10-28)29-11-7-4-8-12-29/h3-18,23-24,34H,19-22H2,1-2H3. The van der Waals surface area contributed by atoms with E-state index in [1.54, 1.807) is 22.9 Å². The number of carbonyl (C=O) groups is 1. The van der Waals surface area contributed by atoms with Gasteiger partial charge in [-0.1, -0.05) is 78.4 Å². The number of hydrogen-bond acceptors (Lipinski definition) is 5. The molecule has 0 atom stereocenters. The first-order chi connectivity index (χ1) is 20.9. The molecule has 0 N–H and O–H groups in total. The van der Waals surface area contributed by atoms with E-state index < -0.39 is 4.92 Å². The Labute approximate surface area is 251 Å². The largest absolute Gasteiger partial charge is 0.335 e. The van der Waals surface area contributed by atoms with Crippen LogP contribution in [-0.4, -0.2) is 56.6 Å². The summed E-state index contributed by atoms with van der Waals surface area (Å²) >= 11 is 0. The Kier molecular flexibility index (Phi) is 7.85. The lowest BCUT2D eigenvalue weighted by molar-refractivity contribution is -0.384. The molecule has 1 saturated heterocycles. The number of aromatic nitrogens is 2. The molecule has 1 fully saturated rings. The highest BCUT2D eigenvalue weighted by atomic mass is 16.6. The third-order valence-electron chi connectivity index (χ3n) is 8.08. The van der Waals surface area contributed by atoms with Gasteiger partial charge in [0.25, 0.3) is 11.6 Å². The van der Waals surface area contributed by atoms with Crippen molar-refractivity contribution in [1.82, 2.24) is 19.6 Å². The first-order valence-corrected chi connectivity index (χ1v) is 14.4. The number of nitro groups is 1. The van der Waals surface area contributed by atoms with Crippen LogP contribution in [0.4, 0.5) is 5.69 Å². The van der Waals surface area contributed by atoms with Crippen LogP contribution in [-0.2, 0) is 0 Å². The zero-order chi connectivity index (χ0) is 29.9. The molecule has 216 valence electrons. The summed E-state index contributed by atoms with van der Waals surface area (Å²) < 4.78 is 1.72. The lowest BCUT2D eigenvalue weighted by Crippen LogP contribution is -2.50. The fraction of sp³-hybridized carbons (Fsp3) is 0.200. The highest BCUT2D eigenvalue weighted by Crippen LogP contribution is 2.31. The van der Waals surface area contributed by atoms with Crippen LogP contribution < -0.4 is 0 Å². The van der Waals surface area contributed by atoms with Gasteiger partial charge in [0.15, 0.2) is 0 Å². The normalized spacial score (nSPS) is 13.8. The van der Waals surface area contributed by atoms with Crippen molar-refractivity contribution < 1.29 is 9.72 Å². The molecule has 1 aliphatic rings. The van der Waals surface area contributed by atoms with Gasteiger partial charge in [-0.3, -0.25) is 19.8 Å². The highest BCUT2D eigenvalue weighted by Gasteiger charge is 2.30. The van der Waals surface area contributed by atoms with Crippen molar-refractivity contribution >= 4 is 11.6 Å². The third-order valence-corrected chi connectivity index (χ3v) is 8.08. The van der Waals surface area contributed by atoms with Crippen molar-refractivity contribution in [2.24, 2.45) is 0 Å². The minimum absolute atomic E-state index is 0.0102. The van der Waals surface area contributed by atoms with Gasteiger partial charge in [0.2, 0.25) is 0 Å². The fourth-order valence-corrected chi connectivity index (χ4v) is 5.89. The lowest BCUT2D eigenvalue weighted by atomic mass is 9.96. The number of hydrogen-bond donors (Lipinski definition) is 0. The summed E-state index contributed by atoms with van der Waals surface area (Å²) in [6.07, 6.45) is 0. The molecule has 1 aromatic heterocycles. The van der Waals surface area contributed by atoms with Crippen LogP contribution in [0, 0.1) is 24.0 Å². The number of nitrogens with zero attached hydrogens (tertiary/aromatic N) is 5. The molecule has 0 saturated carbocycles. The number of benzene rings is 4. The SMILES string of the molecule is Cc1ccc(-n2nc(-c3ccc([N+](=O)[O-])cc3)cc2C(=O)N2CCN(C(c3ccccc3)c3ccccc3)CC2)c(C)c1. The van der Waals surface area contributed by atoms with E-state index in [1.807, 2.05) is 43.0 Å². The zero-order valence-corrected chi connectivity index (χ0v) is 24.3. The van der Waals surface area contributed by atoms with Crippen LogP contribution in [0.15, 0.2) is 109 Å². The first-order valence-electron chi connectivity index (χ1n) is 14.4. The Bertz CT molecular complexity index is 1700. The van der Waals surface area contributed by atoms with E-state index in [9.17, 15) is 14.9 Å². The number of non-ortho nitro benzene ring substituents is 1. The molecule has 5 aromatic rings. The molecule has 4 aromatic carbocycles. The molecule has 1 amide bonds. The van der Waals surface area contributed by atoms with E-state index in [1.165, 1.54) is 23.3 Å². The monoisotopic (exact) mass is 571 g/mol. The molecule has 43 heavy (non-hydrogen) atoms. The minimum atomic E-state index is -0.424. The number of nitro benzene ring substituents is 1. The maximum absolute atomic E-state index is 14.1. The van der Waals surface area contributed by atoms with Gasteiger partial charge in [-0.25, -0.2) is 4.68 Å². The van der Waals surface area contributed by atoms with Crippen LogP contribution in [0.5, 0.6) is 0 Å². The summed E-state index contributed by atoms with van der Waals surface area (Å²) in [5.41, 5.74) is 7.20. The van der Waals surface area contributed by atoms with Crippen molar-refractivity contribution in [3.63, 3.8) is 0 Å². The molecule has 0 bridgehead atoms. The summed E-state index contributed by atoms with van der Waals surface area (Å²) in [6.45, 7) is 6.67. The second-order valence-electron chi connectivity index (χ2n) is 11.0. The van der Waals surface area contributed by atoms with E-state index in [-0.39, 0.29) is 17.6 Å². The van der Waals surface area contributed by atoms with Gasteiger partial charge in [0.05, 0.1) is 22.3 Å². The number of aryl methyl sites for hydroxylation is 2. The molecule has 0 spiro atoms. The van der Waals surface area contributed by atoms with Crippen LogP contribution in [0.2, 0.25) is 0 Å². The number of amides is 1. The maximum Gasteiger partial charge on any atom is 0.272 e. The molecule has 0 aliphatic carbocycles. The van der Waals surface area contributed by atoms with Crippen molar-refractivity contribution in [2.45, 2.75) is 19.9 Å². The number of piperazine rings is 1. The lowest BCUT2D eigenvalue weighted by Gasteiger charge is -2.39. The van der Waals surface area contributed by atoms with Crippen molar-refractivity contribution in [1.29, 1.82) is 0 Å². The average Bonchev–Trinajstić information content (AvgIpc) is 3.47. The van der Waals surface area contributed by atoms with E-state index in [2.05, 4.69) is 59.5 Å².